The Hall–Kier alpha value is -1.51. The Balaban J connectivity index is 2.40. The highest BCUT2D eigenvalue weighted by molar-refractivity contribution is 5.73. The number of amides is 2. The maximum atomic E-state index is 11.1. The molecule has 3 nitrogen and oxygen atoms in total. The van der Waals surface area contributed by atoms with Gasteiger partial charge in [-0.1, -0.05) is 30.3 Å². The highest BCUT2D eigenvalue weighted by Gasteiger charge is 2.03. The first kappa shape index (κ1) is 9.58. The minimum absolute atomic E-state index is 0.191. The monoisotopic (exact) mass is 177 g/mol. The second kappa shape index (κ2) is 4.50. The van der Waals surface area contributed by atoms with Gasteiger partial charge in [-0.05, 0) is 5.56 Å². The Morgan fingerprint density at radius 3 is 2.46 bits per heavy atom. The van der Waals surface area contributed by atoms with Gasteiger partial charge in [0.2, 0.25) is 0 Å². The first-order valence-electron chi connectivity index (χ1n) is 4.13. The molecule has 0 aromatic heterocycles. The molecule has 0 saturated heterocycles. The van der Waals surface area contributed by atoms with E-state index in [1.807, 2.05) is 30.3 Å². The quantitative estimate of drug-likeness (QED) is 0.673. The third-order valence-corrected chi connectivity index (χ3v) is 1.62. The lowest BCUT2D eigenvalue weighted by Crippen LogP contribution is -2.28. The van der Waals surface area contributed by atoms with Gasteiger partial charge in [0.05, 0.1) is 6.54 Å². The highest BCUT2D eigenvalue weighted by atomic mass is 16.2. The molecule has 1 aromatic rings. The molecule has 3 heteroatoms. The van der Waals surface area contributed by atoms with Crippen molar-refractivity contribution in [2.75, 3.05) is 14.1 Å². The normalized spacial score (nSPS) is 9.38. The van der Waals surface area contributed by atoms with E-state index in [-0.39, 0.29) is 6.03 Å². The zero-order chi connectivity index (χ0) is 9.68. The first-order chi connectivity index (χ1) is 6.20. The Labute approximate surface area is 78.4 Å². The molecule has 1 rings (SSSR count). The Morgan fingerprint density at radius 2 is 1.92 bits per heavy atom. The van der Waals surface area contributed by atoms with E-state index in [0.29, 0.717) is 6.54 Å². The van der Waals surface area contributed by atoms with Crippen LogP contribution in [0.25, 0.3) is 0 Å². The van der Waals surface area contributed by atoms with Gasteiger partial charge < -0.3 is 4.90 Å². The van der Waals surface area contributed by atoms with E-state index in [4.69, 9.17) is 0 Å². The number of carbonyl (C=O) groups excluding carboxylic acids is 1. The Bertz CT molecular complexity index is 270. The van der Waals surface area contributed by atoms with Crippen LogP contribution in [0.3, 0.4) is 0 Å². The molecule has 0 saturated carbocycles. The van der Waals surface area contributed by atoms with E-state index in [0.717, 1.165) is 5.56 Å². The predicted molar refractivity (Wildman–Crippen MR) is 51.4 cm³/mol. The van der Waals surface area contributed by atoms with Crippen molar-refractivity contribution in [3.63, 3.8) is 0 Å². The van der Waals surface area contributed by atoms with Gasteiger partial charge in [-0.15, -0.1) is 0 Å². The summed E-state index contributed by atoms with van der Waals surface area (Å²) in [7, 11) is 3.38. The lowest BCUT2D eigenvalue weighted by atomic mass is 10.2. The van der Waals surface area contributed by atoms with E-state index >= 15 is 0 Å². The van der Waals surface area contributed by atoms with Gasteiger partial charge in [0, 0.05) is 14.1 Å². The van der Waals surface area contributed by atoms with Gasteiger partial charge in [-0.2, -0.15) is 0 Å². The summed E-state index contributed by atoms with van der Waals surface area (Å²) in [6.45, 7) is 0.456. The average Bonchev–Trinajstić information content (AvgIpc) is 2.15. The molecular formula is C10H13N2O. The number of hydrogen-bond donors (Lipinski definition) is 0. The molecule has 13 heavy (non-hydrogen) atoms. The van der Waals surface area contributed by atoms with Crippen molar-refractivity contribution in [3.8, 4) is 0 Å². The fraction of sp³-hybridized carbons (Fsp3) is 0.300. The maximum absolute atomic E-state index is 11.1. The highest BCUT2D eigenvalue weighted by Crippen LogP contribution is 1.98. The first-order valence-corrected chi connectivity index (χ1v) is 4.13. The minimum Gasteiger partial charge on any atom is -0.329 e. The zero-order valence-electron chi connectivity index (χ0n) is 7.90. The maximum Gasteiger partial charge on any atom is 0.338 e. The van der Waals surface area contributed by atoms with Crippen LogP contribution in [-0.2, 0) is 6.54 Å². The number of hydrogen-bond acceptors (Lipinski definition) is 1. The van der Waals surface area contributed by atoms with E-state index in [2.05, 4.69) is 5.32 Å². The molecule has 69 valence electrons. The van der Waals surface area contributed by atoms with Crippen molar-refractivity contribution in [1.82, 2.24) is 10.2 Å². The van der Waals surface area contributed by atoms with Gasteiger partial charge in [0.1, 0.15) is 0 Å². The standard InChI is InChI=1S/C10H13N2O/c1-12(2)10(13)11-8-9-6-4-3-5-7-9/h3-7H,8H2,1-2H3. The second-order valence-electron chi connectivity index (χ2n) is 2.98. The summed E-state index contributed by atoms with van der Waals surface area (Å²) in [5.41, 5.74) is 1.05. The smallest absolute Gasteiger partial charge is 0.329 e. The van der Waals surface area contributed by atoms with Gasteiger partial charge in [-0.25, -0.2) is 10.1 Å². The second-order valence-corrected chi connectivity index (χ2v) is 2.98. The van der Waals surface area contributed by atoms with Crippen LogP contribution in [0.4, 0.5) is 4.79 Å². The Kier molecular flexibility index (Phi) is 3.31. The summed E-state index contributed by atoms with van der Waals surface area (Å²) in [5, 5.41) is 3.88. The Morgan fingerprint density at radius 1 is 1.31 bits per heavy atom. The van der Waals surface area contributed by atoms with Gasteiger partial charge in [-0.3, -0.25) is 0 Å². The molecule has 0 atom stereocenters. The van der Waals surface area contributed by atoms with Crippen LogP contribution in [0.5, 0.6) is 0 Å². The van der Waals surface area contributed by atoms with Crippen LogP contribution in [0.2, 0.25) is 0 Å². The molecule has 0 unspecified atom stereocenters. The zero-order valence-corrected chi connectivity index (χ0v) is 7.90. The summed E-state index contributed by atoms with van der Waals surface area (Å²) in [6.07, 6.45) is 0. The lowest BCUT2D eigenvalue weighted by molar-refractivity contribution is 0.216. The van der Waals surface area contributed by atoms with Crippen LogP contribution >= 0.6 is 0 Å². The lowest BCUT2D eigenvalue weighted by Gasteiger charge is -2.09. The molecule has 1 radical (unpaired) electrons. The van der Waals surface area contributed by atoms with Gasteiger partial charge in [0.15, 0.2) is 0 Å². The largest absolute Gasteiger partial charge is 0.338 e. The van der Waals surface area contributed by atoms with Crippen molar-refractivity contribution in [3.05, 3.63) is 35.9 Å². The van der Waals surface area contributed by atoms with Crippen molar-refractivity contribution >= 4 is 6.03 Å². The van der Waals surface area contributed by atoms with Crippen molar-refractivity contribution in [2.45, 2.75) is 6.54 Å². The van der Waals surface area contributed by atoms with Crippen LogP contribution < -0.4 is 5.32 Å². The van der Waals surface area contributed by atoms with Crippen molar-refractivity contribution in [2.24, 2.45) is 0 Å². The SMILES string of the molecule is CN(C)C(=O)[N]Cc1ccccc1. The number of nitrogens with zero attached hydrogens (tertiary/aromatic N) is 2. The number of urea groups is 1. The van der Waals surface area contributed by atoms with Gasteiger partial charge in [0.25, 0.3) is 0 Å². The molecule has 0 aliphatic rings. The third-order valence-electron chi connectivity index (χ3n) is 1.62. The molecule has 0 heterocycles. The average molecular weight is 177 g/mol. The molecule has 0 aliphatic heterocycles. The number of benzene rings is 1. The predicted octanol–water partition coefficient (Wildman–Crippen LogP) is 1.47. The number of carbonyl (C=O) groups is 1. The molecule has 0 spiro atoms. The molecule has 1 aromatic carbocycles. The molecule has 0 aliphatic carbocycles. The molecular weight excluding hydrogens is 164 g/mol. The van der Waals surface area contributed by atoms with Crippen LogP contribution in [0, 0.1) is 0 Å². The van der Waals surface area contributed by atoms with E-state index in [9.17, 15) is 4.79 Å². The third kappa shape index (κ3) is 3.15. The van der Waals surface area contributed by atoms with Crippen molar-refractivity contribution in [1.29, 1.82) is 0 Å². The van der Waals surface area contributed by atoms with E-state index in [1.165, 1.54) is 4.90 Å². The van der Waals surface area contributed by atoms with E-state index in [1.54, 1.807) is 14.1 Å². The van der Waals surface area contributed by atoms with Crippen LogP contribution in [-0.4, -0.2) is 25.0 Å². The molecule has 0 fully saturated rings. The van der Waals surface area contributed by atoms with E-state index < -0.39 is 0 Å². The fourth-order valence-electron chi connectivity index (χ4n) is 0.884. The van der Waals surface area contributed by atoms with Crippen molar-refractivity contribution < 1.29 is 4.79 Å². The summed E-state index contributed by atoms with van der Waals surface area (Å²) in [4.78, 5) is 12.5. The van der Waals surface area contributed by atoms with Crippen LogP contribution in [0.1, 0.15) is 5.56 Å². The minimum atomic E-state index is -0.191. The summed E-state index contributed by atoms with van der Waals surface area (Å²) in [5.74, 6) is 0. The molecule has 0 N–H and O–H groups in total. The summed E-state index contributed by atoms with van der Waals surface area (Å²) < 4.78 is 0. The topological polar surface area (TPSA) is 34.4 Å². The summed E-state index contributed by atoms with van der Waals surface area (Å²) >= 11 is 0. The summed E-state index contributed by atoms with van der Waals surface area (Å²) in [6, 6.07) is 9.52. The number of rotatable bonds is 2. The fourth-order valence-corrected chi connectivity index (χ4v) is 0.884. The molecule has 0 bridgehead atoms. The molecule has 2 amide bonds. The van der Waals surface area contributed by atoms with Crippen LogP contribution in [0.15, 0.2) is 30.3 Å². The van der Waals surface area contributed by atoms with Gasteiger partial charge >= 0.3 is 6.03 Å².